The first-order chi connectivity index (χ1) is 5.95. The van der Waals surface area contributed by atoms with Gasteiger partial charge < -0.3 is 0 Å². The second-order valence-corrected chi connectivity index (χ2v) is 4.08. The SMILES string of the molecule is C=CC(C)(CC)NC(C)(C=C)CC. The second-order valence-electron chi connectivity index (χ2n) is 4.08. The van der Waals surface area contributed by atoms with E-state index in [2.05, 4.69) is 46.2 Å². The van der Waals surface area contributed by atoms with Crippen LogP contribution in [0.2, 0.25) is 0 Å². The van der Waals surface area contributed by atoms with Crippen LogP contribution in [0.5, 0.6) is 0 Å². The normalized spacial score (nSPS) is 20.0. The molecule has 0 aromatic heterocycles. The van der Waals surface area contributed by atoms with Crippen molar-refractivity contribution in [3.8, 4) is 0 Å². The number of nitrogens with one attached hydrogen (secondary N) is 1. The van der Waals surface area contributed by atoms with Gasteiger partial charge in [0.05, 0.1) is 0 Å². The molecule has 1 nitrogen and oxygen atoms in total. The average molecular weight is 181 g/mol. The van der Waals surface area contributed by atoms with E-state index in [0.29, 0.717) is 0 Å². The summed E-state index contributed by atoms with van der Waals surface area (Å²) in [6.07, 6.45) is 6.04. The second kappa shape index (κ2) is 4.61. The Morgan fingerprint density at radius 3 is 1.46 bits per heavy atom. The van der Waals surface area contributed by atoms with E-state index < -0.39 is 0 Å². The standard InChI is InChI=1S/C12H23N/c1-7-11(5,8-2)13-12(6,9-3)10-4/h7,9,13H,1,3,8,10H2,2,4-6H3. The zero-order valence-electron chi connectivity index (χ0n) is 9.48. The van der Waals surface area contributed by atoms with Gasteiger partial charge in [0.25, 0.3) is 0 Å². The molecule has 0 amide bonds. The topological polar surface area (TPSA) is 12.0 Å². The van der Waals surface area contributed by atoms with Crippen LogP contribution in [0.3, 0.4) is 0 Å². The summed E-state index contributed by atoms with van der Waals surface area (Å²) in [4.78, 5) is 0. The maximum atomic E-state index is 3.86. The van der Waals surface area contributed by atoms with Crippen LogP contribution in [0.25, 0.3) is 0 Å². The monoisotopic (exact) mass is 181 g/mol. The predicted molar refractivity (Wildman–Crippen MR) is 60.9 cm³/mol. The third-order valence-electron chi connectivity index (χ3n) is 2.94. The minimum Gasteiger partial charge on any atom is -0.299 e. The van der Waals surface area contributed by atoms with Crippen LogP contribution < -0.4 is 5.32 Å². The van der Waals surface area contributed by atoms with Gasteiger partial charge in [0, 0.05) is 11.1 Å². The van der Waals surface area contributed by atoms with E-state index in [-0.39, 0.29) is 11.1 Å². The molecule has 2 unspecified atom stereocenters. The first kappa shape index (κ1) is 12.4. The highest BCUT2D eigenvalue weighted by molar-refractivity contribution is 5.08. The van der Waals surface area contributed by atoms with Crippen molar-refractivity contribution in [2.45, 2.75) is 51.6 Å². The molecule has 0 aliphatic carbocycles. The van der Waals surface area contributed by atoms with Crippen molar-refractivity contribution in [2.24, 2.45) is 0 Å². The Morgan fingerprint density at radius 1 is 1.00 bits per heavy atom. The Hall–Kier alpha value is -0.560. The van der Waals surface area contributed by atoms with Gasteiger partial charge in [0.1, 0.15) is 0 Å². The Balaban J connectivity index is 4.54. The van der Waals surface area contributed by atoms with Gasteiger partial charge in [-0.2, -0.15) is 0 Å². The molecule has 0 heterocycles. The van der Waals surface area contributed by atoms with Crippen LogP contribution in [0, 0.1) is 0 Å². The highest BCUT2D eigenvalue weighted by Crippen LogP contribution is 2.19. The Kier molecular flexibility index (Phi) is 4.41. The average Bonchev–Trinajstić information content (AvgIpc) is 2.17. The Morgan fingerprint density at radius 2 is 1.31 bits per heavy atom. The number of hydrogen-bond acceptors (Lipinski definition) is 1. The highest BCUT2D eigenvalue weighted by Gasteiger charge is 2.27. The lowest BCUT2D eigenvalue weighted by Crippen LogP contribution is -2.52. The zero-order chi connectivity index (χ0) is 10.5. The fraction of sp³-hybridized carbons (Fsp3) is 0.667. The minimum absolute atomic E-state index is 0.0128. The van der Waals surface area contributed by atoms with E-state index in [0.717, 1.165) is 12.8 Å². The molecule has 0 aromatic carbocycles. The molecule has 0 saturated heterocycles. The van der Waals surface area contributed by atoms with Gasteiger partial charge in [-0.05, 0) is 26.7 Å². The van der Waals surface area contributed by atoms with Gasteiger partial charge in [0.15, 0.2) is 0 Å². The maximum absolute atomic E-state index is 3.86. The summed E-state index contributed by atoms with van der Waals surface area (Å²) in [6, 6.07) is 0. The van der Waals surface area contributed by atoms with Gasteiger partial charge >= 0.3 is 0 Å². The molecule has 0 radical (unpaired) electrons. The Bertz CT molecular complexity index is 166. The smallest absolute Gasteiger partial charge is 0.0337 e. The lowest BCUT2D eigenvalue weighted by atomic mass is 9.90. The molecule has 76 valence electrons. The first-order valence-corrected chi connectivity index (χ1v) is 5.02. The molecule has 13 heavy (non-hydrogen) atoms. The summed E-state index contributed by atoms with van der Waals surface area (Å²) in [7, 11) is 0. The Labute approximate surface area is 82.9 Å². The van der Waals surface area contributed by atoms with Crippen LogP contribution >= 0.6 is 0 Å². The molecule has 0 aliphatic rings. The van der Waals surface area contributed by atoms with E-state index >= 15 is 0 Å². The molecule has 0 saturated carbocycles. The van der Waals surface area contributed by atoms with Crippen LogP contribution in [0.1, 0.15) is 40.5 Å². The third kappa shape index (κ3) is 3.35. The molecule has 0 fully saturated rings. The van der Waals surface area contributed by atoms with E-state index in [1.165, 1.54) is 0 Å². The largest absolute Gasteiger partial charge is 0.299 e. The molecule has 0 aliphatic heterocycles. The first-order valence-electron chi connectivity index (χ1n) is 5.02. The fourth-order valence-corrected chi connectivity index (χ4v) is 1.22. The van der Waals surface area contributed by atoms with Gasteiger partial charge in [-0.1, -0.05) is 26.0 Å². The van der Waals surface area contributed by atoms with Crippen LogP contribution in [0.4, 0.5) is 0 Å². The highest BCUT2D eigenvalue weighted by atomic mass is 15.0. The maximum Gasteiger partial charge on any atom is 0.0337 e. The molecule has 1 heteroatoms. The summed E-state index contributed by atoms with van der Waals surface area (Å²) in [6.45, 7) is 16.4. The lowest BCUT2D eigenvalue weighted by molar-refractivity contribution is 0.306. The molecule has 1 N–H and O–H groups in total. The van der Waals surface area contributed by atoms with Crippen molar-refractivity contribution in [3.63, 3.8) is 0 Å². The number of hydrogen-bond donors (Lipinski definition) is 1. The molecule has 0 aromatic rings. The summed E-state index contributed by atoms with van der Waals surface area (Å²) in [5, 5.41) is 3.57. The van der Waals surface area contributed by atoms with Crippen LogP contribution in [-0.4, -0.2) is 11.1 Å². The van der Waals surface area contributed by atoms with Crippen molar-refractivity contribution in [1.82, 2.24) is 5.32 Å². The van der Waals surface area contributed by atoms with E-state index in [4.69, 9.17) is 0 Å². The predicted octanol–water partition coefficient (Wildman–Crippen LogP) is 3.29. The molecule has 2 atom stereocenters. The van der Waals surface area contributed by atoms with Crippen molar-refractivity contribution in [3.05, 3.63) is 25.3 Å². The minimum atomic E-state index is 0.0128. The van der Waals surface area contributed by atoms with Crippen molar-refractivity contribution < 1.29 is 0 Å². The summed E-state index contributed by atoms with van der Waals surface area (Å²) < 4.78 is 0. The lowest BCUT2D eigenvalue weighted by Gasteiger charge is -2.37. The van der Waals surface area contributed by atoms with Gasteiger partial charge in [-0.3, -0.25) is 5.32 Å². The summed E-state index contributed by atoms with van der Waals surface area (Å²) in [5.74, 6) is 0. The fourth-order valence-electron chi connectivity index (χ4n) is 1.22. The van der Waals surface area contributed by atoms with E-state index in [1.54, 1.807) is 0 Å². The molecule has 0 bridgehead atoms. The van der Waals surface area contributed by atoms with Crippen molar-refractivity contribution >= 4 is 0 Å². The number of rotatable bonds is 6. The van der Waals surface area contributed by atoms with Gasteiger partial charge in [-0.15, -0.1) is 13.2 Å². The van der Waals surface area contributed by atoms with Crippen molar-refractivity contribution in [1.29, 1.82) is 0 Å². The molecular formula is C12H23N. The van der Waals surface area contributed by atoms with Gasteiger partial charge in [0.2, 0.25) is 0 Å². The van der Waals surface area contributed by atoms with E-state index in [1.807, 2.05) is 12.2 Å². The van der Waals surface area contributed by atoms with E-state index in [9.17, 15) is 0 Å². The van der Waals surface area contributed by atoms with Gasteiger partial charge in [-0.25, -0.2) is 0 Å². The van der Waals surface area contributed by atoms with Crippen molar-refractivity contribution in [2.75, 3.05) is 0 Å². The van der Waals surface area contributed by atoms with Crippen LogP contribution in [0.15, 0.2) is 25.3 Å². The zero-order valence-corrected chi connectivity index (χ0v) is 9.48. The third-order valence-corrected chi connectivity index (χ3v) is 2.94. The quantitative estimate of drug-likeness (QED) is 0.620. The summed E-state index contributed by atoms with van der Waals surface area (Å²) in [5.41, 5.74) is 0.0257. The molecule has 0 spiro atoms. The van der Waals surface area contributed by atoms with Crippen LogP contribution in [-0.2, 0) is 0 Å². The molecule has 0 rings (SSSR count). The summed E-state index contributed by atoms with van der Waals surface area (Å²) >= 11 is 0. The molecular weight excluding hydrogens is 158 g/mol.